The van der Waals surface area contributed by atoms with E-state index in [1.54, 1.807) is 6.07 Å². The van der Waals surface area contributed by atoms with Gasteiger partial charge in [-0.15, -0.1) is 0 Å². The lowest BCUT2D eigenvalue weighted by Crippen LogP contribution is -2.37. The summed E-state index contributed by atoms with van der Waals surface area (Å²) in [5.74, 6) is -0.250. The van der Waals surface area contributed by atoms with Crippen molar-refractivity contribution in [2.75, 3.05) is 26.3 Å². The van der Waals surface area contributed by atoms with Crippen molar-refractivity contribution in [3.8, 4) is 0 Å². The second kappa shape index (κ2) is 11.1. The Bertz CT molecular complexity index is 413. The molecule has 0 aliphatic heterocycles. The van der Waals surface area contributed by atoms with Crippen LogP contribution in [0.1, 0.15) is 31.7 Å². The molecule has 2 amide bonds. The number of urea groups is 1. The predicted molar refractivity (Wildman–Crippen MR) is 81.8 cm³/mol. The molecule has 0 spiro atoms. The molecule has 0 saturated heterocycles. The van der Waals surface area contributed by atoms with Gasteiger partial charge in [0.25, 0.3) is 0 Å². The van der Waals surface area contributed by atoms with E-state index in [4.69, 9.17) is 4.74 Å². The Morgan fingerprint density at radius 1 is 1.19 bits per heavy atom. The van der Waals surface area contributed by atoms with E-state index in [-0.39, 0.29) is 11.8 Å². The largest absolute Gasteiger partial charge is 0.381 e. The summed E-state index contributed by atoms with van der Waals surface area (Å²) in [6.45, 7) is 4.67. The average Bonchev–Trinajstić information content (AvgIpc) is 2.46. The van der Waals surface area contributed by atoms with E-state index < -0.39 is 0 Å². The Labute approximate surface area is 126 Å². The van der Waals surface area contributed by atoms with Crippen LogP contribution in [0.25, 0.3) is 0 Å². The highest BCUT2D eigenvalue weighted by Gasteiger charge is 2.00. The van der Waals surface area contributed by atoms with Crippen molar-refractivity contribution in [1.29, 1.82) is 0 Å². The molecule has 0 unspecified atom stereocenters. The quantitative estimate of drug-likeness (QED) is 0.652. The van der Waals surface area contributed by atoms with Gasteiger partial charge in [0.1, 0.15) is 5.82 Å². The van der Waals surface area contributed by atoms with Crippen molar-refractivity contribution < 1.29 is 13.9 Å². The van der Waals surface area contributed by atoms with Gasteiger partial charge in [-0.3, -0.25) is 0 Å². The molecular formula is C16H25FN2O2. The van der Waals surface area contributed by atoms with Crippen LogP contribution in [0.4, 0.5) is 9.18 Å². The van der Waals surface area contributed by atoms with Crippen LogP contribution >= 0.6 is 0 Å². The van der Waals surface area contributed by atoms with Crippen LogP contribution in [0.2, 0.25) is 0 Å². The lowest BCUT2D eigenvalue weighted by molar-refractivity contribution is 0.129. The number of ether oxygens (including phenoxy) is 1. The van der Waals surface area contributed by atoms with Gasteiger partial charge in [-0.2, -0.15) is 0 Å². The summed E-state index contributed by atoms with van der Waals surface area (Å²) in [6, 6.07) is 6.21. The molecule has 0 radical (unpaired) electrons. The van der Waals surface area contributed by atoms with Gasteiger partial charge in [0.15, 0.2) is 0 Å². The molecule has 0 bridgehead atoms. The maximum absolute atomic E-state index is 13.0. The van der Waals surface area contributed by atoms with E-state index >= 15 is 0 Å². The molecule has 1 rings (SSSR count). The molecule has 0 aliphatic carbocycles. The summed E-state index contributed by atoms with van der Waals surface area (Å²) in [5, 5.41) is 5.52. The molecule has 0 atom stereocenters. The van der Waals surface area contributed by atoms with Crippen molar-refractivity contribution in [3.63, 3.8) is 0 Å². The van der Waals surface area contributed by atoms with Crippen LogP contribution in [-0.2, 0) is 11.2 Å². The molecule has 0 fully saturated rings. The summed E-state index contributed by atoms with van der Waals surface area (Å²) >= 11 is 0. The van der Waals surface area contributed by atoms with Gasteiger partial charge in [0, 0.05) is 26.3 Å². The summed E-state index contributed by atoms with van der Waals surface area (Å²) in [7, 11) is 0. The Balaban J connectivity index is 1.99. The summed E-state index contributed by atoms with van der Waals surface area (Å²) < 4.78 is 18.4. The Morgan fingerprint density at radius 2 is 1.95 bits per heavy atom. The van der Waals surface area contributed by atoms with Crippen LogP contribution in [0.3, 0.4) is 0 Å². The fourth-order valence-corrected chi connectivity index (χ4v) is 1.80. The predicted octanol–water partition coefficient (Wildman–Crippen LogP) is 2.87. The molecule has 0 aliphatic rings. The molecule has 1 aromatic rings. The van der Waals surface area contributed by atoms with E-state index in [1.165, 1.54) is 12.1 Å². The first-order valence-electron chi connectivity index (χ1n) is 7.56. The molecule has 2 N–H and O–H groups in total. The number of rotatable bonds is 10. The third kappa shape index (κ3) is 9.02. The molecule has 5 heteroatoms. The summed E-state index contributed by atoms with van der Waals surface area (Å²) in [6.07, 6.45) is 3.63. The van der Waals surface area contributed by atoms with Gasteiger partial charge in [-0.05, 0) is 37.0 Å². The molecule has 118 valence electrons. The number of hydrogen-bond donors (Lipinski definition) is 2. The minimum Gasteiger partial charge on any atom is -0.381 e. The van der Waals surface area contributed by atoms with E-state index in [1.807, 2.05) is 6.07 Å². The van der Waals surface area contributed by atoms with Gasteiger partial charge in [-0.1, -0.05) is 25.5 Å². The van der Waals surface area contributed by atoms with E-state index in [0.29, 0.717) is 26.1 Å². The maximum Gasteiger partial charge on any atom is 0.314 e. The smallest absolute Gasteiger partial charge is 0.314 e. The average molecular weight is 296 g/mol. The van der Waals surface area contributed by atoms with Crippen LogP contribution in [0.15, 0.2) is 24.3 Å². The normalized spacial score (nSPS) is 10.4. The van der Waals surface area contributed by atoms with Crippen molar-refractivity contribution in [1.82, 2.24) is 10.6 Å². The number of carbonyl (C=O) groups excluding carboxylic acids is 1. The zero-order valence-electron chi connectivity index (χ0n) is 12.7. The van der Waals surface area contributed by atoms with Crippen molar-refractivity contribution in [3.05, 3.63) is 35.6 Å². The Hall–Kier alpha value is -1.62. The van der Waals surface area contributed by atoms with Gasteiger partial charge in [0.05, 0.1) is 0 Å². The SMILES string of the molecule is CCCCOCCCNC(=O)NCCc1cccc(F)c1. The van der Waals surface area contributed by atoms with Crippen molar-refractivity contribution >= 4 is 6.03 Å². The second-order valence-electron chi connectivity index (χ2n) is 4.88. The minimum absolute atomic E-state index is 0.194. The Kier molecular flexibility index (Phi) is 9.20. The molecule has 0 aromatic heterocycles. The molecule has 21 heavy (non-hydrogen) atoms. The highest BCUT2D eigenvalue weighted by Crippen LogP contribution is 2.03. The van der Waals surface area contributed by atoms with Gasteiger partial charge in [0.2, 0.25) is 0 Å². The number of carbonyl (C=O) groups is 1. The Morgan fingerprint density at radius 3 is 2.71 bits per heavy atom. The van der Waals surface area contributed by atoms with E-state index in [2.05, 4.69) is 17.6 Å². The first kappa shape index (κ1) is 17.4. The topological polar surface area (TPSA) is 50.4 Å². The first-order chi connectivity index (χ1) is 10.2. The monoisotopic (exact) mass is 296 g/mol. The fourth-order valence-electron chi connectivity index (χ4n) is 1.80. The van der Waals surface area contributed by atoms with Crippen molar-refractivity contribution in [2.24, 2.45) is 0 Å². The second-order valence-corrected chi connectivity index (χ2v) is 4.88. The number of unbranched alkanes of at least 4 members (excludes halogenated alkanes) is 1. The zero-order valence-corrected chi connectivity index (χ0v) is 12.7. The third-order valence-electron chi connectivity index (χ3n) is 2.98. The maximum atomic E-state index is 13.0. The van der Waals surface area contributed by atoms with Gasteiger partial charge >= 0.3 is 6.03 Å². The molecular weight excluding hydrogens is 271 g/mol. The first-order valence-corrected chi connectivity index (χ1v) is 7.56. The zero-order chi connectivity index (χ0) is 15.3. The lowest BCUT2D eigenvalue weighted by Gasteiger charge is -2.08. The minimum atomic E-state index is -0.250. The van der Waals surface area contributed by atoms with Gasteiger partial charge in [-0.25, -0.2) is 9.18 Å². The molecule has 0 saturated carbocycles. The molecule has 1 aromatic carbocycles. The number of nitrogens with one attached hydrogen (secondary N) is 2. The van der Waals surface area contributed by atoms with E-state index in [0.717, 1.165) is 31.4 Å². The molecule has 4 nitrogen and oxygen atoms in total. The van der Waals surface area contributed by atoms with Crippen molar-refractivity contribution in [2.45, 2.75) is 32.6 Å². The van der Waals surface area contributed by atoms with Crippen LogP contribution in [-0.4, -0.2) is 32.3 Å². The van der Waals surface area contributed by atoms with Crippen LogP contribution in [0, 0.1) is 5.82 Å². The highest BCUT2D eigenvalue weighted by atomic mass is 19.1. The highest BCUT2D eigenvalue weighted by molar-refractivity contribution is 5.73. The number of halogens is 1. The number of amides is 2. The summed E-state index contributed by atoms with van der Waals surface area (Å²) in [4.78, 5) is 11.5. The third-order valence-corrected chi connectivity index (χ3v) is 2.98. The number of benzene rings is 1. The fraction of sp³-hybridized carbons (Fsp3) is 0.562. The van der Waals surface area contributed by atoms with Crippen LogP contribution in [0.5, 0.6) is 0 Å². The summed E-state index contributed by atoms with van der Waals surface area (Å²) in [5.41, 5.74) is 0.875. The van der Waals surface area contributed by atoms with Gasteiger partial charge < -0.3 is 15.4 Å². The lowest BCUT2D eigenvalue weighted by atomic mass is 10.1. The standard InChI is InChI=1S/C16H25FN2O2/c1-2-3-11-21-12-5-9-18-16(20)19-10-8-14-6-4-7-15(17)13-14/h4,6-7,13H,2-3,5,8-12H2,1H3,(H2,18,19,20). The number of hydrogen-bond acceptors (Lipinski definition) is 2. The van der Waals surface area contributed by atoms with E-state index in [9.17, 15) is 9.18 Å². The molecule has 0 heterocycles. The van der Waals surface area contributed by atoms with Crippen LogP contribution < -0.4 is 10.6 Å².